The predicted molar refractivity (Wildman–Crippen MR) is 43.4 cm³/mol. The molecule has 0 aromatic heterocycles. The summed E-state index contributed by atoms with van der Waals surface area (Å²) in [6.07, 6.45) is 0.329. The molecule has 2 N–H and O–H groups in total. The molecule has 1 fully saturated rings. The van der Waals surface area contributed by atoms with Crippen LogP contribution in [-0.2, 0) is 4.79 Å². The van der Waals surface area contributed by atoms with Crippen LogP contribution in [0.4, 0.5) is 4.79 Å². The van der Waals surface area contributed by atoms with E-state index in [2.05, 4.69) is 0 Å². The minimum Gasteiger partial charge on any atom is -0.328 e. The van der Waals surface area contributed by atoms with E-state index in [1.165, 1.54) is 11.9 Å². The van der Waals surface area contributed by atoms with Crippen molar-refractivity contribution in [1.82, 2.24) is 9.80 Å². The highest BCUT2D eigenvalue weighted by atomic mass is 16.2. The molecule has 1 heterocycles. The van der Waals surface area contributed by atoms with Gasteiger partial charge in [0.2, 0.25) is 5.91 Å². The lowest BCUT2D eigenvalue weighted by atomic mass is 10.1. The third kappa shape index (κ3) is 1.27. The third-order valence-electron chi connectivity index (χ3n) is 2.19. The van der Waals surface area contributed by atoms with Crippen molar-refractivity contribution in [3.8, 4) is 0 Å². The Bertz CT molecular complexity index is 217. The first-order valence-electron chi connectivity index (χ1n) is 3.81. The van der Waals surface area contributed by atoms with Gasteiger partial charge in [-0.3, -0.25) is 9.69 Å². The fourth-order valence-electron chi connectivity index (χ4n) is 1.22. The average Bonchev–Trinajstić information content (AvgIpc) is 2.08. The molecule has 0 radical (unpaired) electrons. The number of hydrogen-bond acceptors (Lipinski definition) is 3. The van der Waals surface area contributed by atoms with Gasteiger partial charge in [-0.15, -0.1) is 0 Å². The summed E-state index contributed by atoms with van der Waals surface area (Å²) in [5.74, 6) is -0.159. The van der Waals surface area contributed by atoms with E-state index in [0.717, 1.165) is 4.90 Å². The standard InChI is InChI=1S/C7H13N3O2/c1-9-5(4-8)3-6(11)10(2)7(9)12/h5H,3-4,8H2,1-2H3. The molecule has 1 saturated heterocycles. The topological polar surface area (TPSA) is 66.6 Å². The number of hydrogen-bond donors (Lipinski definition) is 1. The Morgan fingerprint density at radius 3 is 2.58 bits per heavy atom. The van der Waals surface area contributed by atoms with Gasteiger partial charge in [0.15, 0.2) is 0 Å². The molecule has 5 nitrogen and oxygen atoms in total. The first kappa shape index (κ1) is 8.99. The van der Waals surface area contributed by atoms with Crippen LogP contribution in [0.15, 0.2) is 0 Å². The first-order chi connectivity index (χ1) is 5.57. The van der Waals surface area contributed by atoms with Crippen LogP contribution in [0.2, 0.25) is 0 Å². The van der Waals surface area contributed by atoms with Crippen molar-refractivity contribution in [2.24, 2.45) is 5.73 Å². The monoisotopic (exact) mass is 171 g/mol. The zero-order valence-electron chi connectivity index (χ0n) is 7.28. The molecule has 1 unspecified atom stereocenters. The molecule has 12 heavy (non-hydrogen) atoms. The molecule has 1 atom stereocenters. The Morgan fingerprint density at radius 1 is 1.50 bits per heavy atom. The number of nitrogens with zero attached hydrogens (tertiary/aromatic N) is 2. The fourth-order valence-corrected chi connectivity index (χ4v) is 1.22. The predicted octanol–water partition coefficient (Wildman–Crippen LogP) is -0.772. The van der Waals surface area contributed by atoms with Crippen LogP contribution < -0.4 is 5.73 Å². The zero-order chi connectivity index (χ0) is 9.30. The second kappa shape index (κ2) is 3.10. The van der Waals surface area contributed by atoms with Gasteiger partial charge in [-0.05, 0) is 0 Å². The molecule has 0 bridgehead atoms. The lowest BCUT2D eigenvalue weighted by Crippen LogP contribution is -2.55. The molecular formula is C7H13N3O2. The number of carbonyl (C=O) groups excluding carboxylic acids is 2. The summed E-state index contributed by atoms with van der Waals surface area (Å²) in [6.45, 7) is 0.335. The summed E-state index contributed by atoms with van der Waals surface area (Å²) >= 11 is 0. The van der Waals surface area contributed by atoms with Gasteiger partial charge in [-0.2, -0.15) is 0 Å². The van der Waals surface area contributed by atoms with E-state index in [1.54, 1.807) is 7.05 Å². The fraction of sp³-hybridized carbons (Fsp3) is 0.714. The Morgan fingerprint density at radius 2 is 2.08 bits per heavy atom. The number of rotatable bonds is 1. The largest absolute Gasteiger partial charge is 0.328 e. The van der Waals surface area contributed by atoms with Gasteiger partial charge in [0.05, 0.1) is 6.04 Å². The number of urea groups is 1. The average molecular weight is 171 g/mol. The maximum atomic E-state index is 11.3. The summed E-state index contributed by atoms with van der Waals surface area (Å²) in [4.78, 5) is 25.0. The number of nitrogens with two attached hydrogens (primary N) is 1. The van der Waals surface area contributed by atoms with Gasteiger partial charge in [0.1, 0.15) is 0 Å². The Hall–Kier alpha value is -1.10. The molecule has 1 aliphatic rings. The van der Waals surface area contributed by atoms with E-state index in [1.807, 2.05) is 0 Å². The van der Waals surface area contributed by atoms with Crippen molar-refractivity contribution in [3.63, 3.8) is 0 Å². The van der Waals surface area contributed by atoms with Crippen LogP contribution in [0.25, 0.3) is 0 Å². The minimum atomic E-state index is -0.276. The summed E-state index contributed by atoms with van der Waals surface area (Å²) in [6, 6.07) is -0.414. The molecule has 0 spiro atoms. The molecule has 5 heteroatoms. The number of amides is 3. The van der Waals surface area contributed by atoms with E-state index in [-0.39, 0.29) is 18.0 Å². The summed E-state index contributed by atoms with van der Waals surface area (Å²) in [5.41, 5.74) is 5.40. The van der Waals surface area contributed by atoms with Gasteiger partial charge in [-0.1, -0.05) is 0 Å². The highest BCUT2D eigenvalue weighted by Crippen LogP contribution is 2.12. The molecule has 0 aliphatic carbocycles. The number of imide groups is 1. The van der Waals surface area contributed by atoms with Crippen LogP contribution in [0.5, 0.6) is 0 Å². The minimum absolute atomic E-state index is 0.138. The van der Waals surface area contributed by atoms with Crippen molar-refractivity contribution in [2.75, 3.05) is 20.6 Å². The van der Waals surface area contributed by atoms with E-state index < -0.39 is 0 Å². The SMILES string of the molecule is CN1C(=O)CC(CN)N(C)C1=O. The maximum Gasteiger partial charge on any atom is 0.326 e. The van der Waals surface area contributed by atoms with E-state index >= 15 is 0 Å². The molecule has 1 rings (SSSR count). The van der Waals surface area contributed by atoms with Gasteiger partial charge in [0, 0.05) is 27.1 Å². The van der Waals surface area contributed by atoms with Gasteiger partial charge in [-0.25, -0.2) is 4.79 Å². The lowest BCUT2D eigenvalue weighted by molar-refractivity contribution is -0.130. The Kier molecular flexibility index (Phi) is 2.32. The van der Waals surface area contributed by atoms with Gasteiger partial charge in [0.25, 0.3) is 0 Å². The number of carbonyl (C=O) groups is 2. The van der Waals surface area contributed by atoms with Crippen molar-refractivity contribution < 1.29 is 9.59 Å². The molecule has 0 saturated carbocycles. The maximum absolute atomic E-state index is 11.3. The Labute approximate surface area is 71.1 Å². The molecule has 3 amide bonds. The highest BCUT2D eigenvalue weighted by Gasteiger charge is 2.33. The Balaban J connectivity index is 2.77. The first-order valence-corrected chi connectivity index (χ1v) is 3.81. The van der Waals surface area contributed by atoms with Crippen LogP contribution in [0.3, 0.4) is 0 Å². The highest BCUT2D eigenvalue weighted by molar-refractivity contribution is 5.96. The van der Waals surface area contributed by atoms with Crippen LogP contribution in [0.1, 0.15) is 6.42 Å². The number of likely N-dealkylation sites (N-methyl/N-ethyl adjacent to an activating group) is 1. The molecule has 68 valence electrons. The normalized spacial score (nSPS) is 25.1. The van der Waals surface area contributed by atoms with Crippen LogP contribution >= 0.6 is 0 Å². The lowest BCUT2D eigenvalue weighted by Gasteiger charge is -2.35. The molecule has 1 aliphatic heterocycles. The van der Waals surface area contributed by atoms with Crippen molar-refractivity contribution >= 4 is 11.9 Å². The second-order valence-corrected chi connectivity index (χ2v) is 2.94. The van der Waals surface area contributed by atoms with Crippen molar-refractivity contribution in [3.05, 3.63) is 0 Å². The molecule has 0 aromatic carbocycles. The third-order valence-corrected chi connectivity index (χ3v) is 2.19. The van der Waals surface area contributed by atoms with Gasteiger partial charge < -0.3 is 10.6 Å². The molecule has 0 aromatic rings. The van der Waals surface area contributed by atoms with E-state index in [4.69, 9.17) is 5.73 Å². The quantitative estimate of drug-likeness (QED) is 0.563. The van der Waals surface area contributed by atoms with Crippen molar-refractivity contribution in [2.45, 2.75) is 12.5 Å². The zero-order valence-corrected chi connectivity index (χ0v) is 7.28. The summed E-state index contributed by atoms with van der Waals surface area (Å²) in [7, 11) is 3.14. The molecular weight excluding hydrogens is 158 g/mol. The van der Waals surface area contributed by atoms with Crippen LogP contribution in [-0.4, -0.2) is 48.4 Å². The summed E-state index contributed by atoms with van der Waals surface area (Å²) < 4.78 is 0. The van der Waals surface area contributed by atoms with Crippen molar-refractivity contribution in [1.29, 1.82) is 0 Å². The summed E-state index contributed by atoms with van der Waals surface area (Å²) in [5, 5.41) is 0. The van der Waals surface area contributed by atoms with E-state index in [9.17, 15) is 9.59 Å². The smallest absolute Gasteiger partial charge is 0.326 e. The van der Waals surface area contributed by atoms with E-state index in [0.29, 0.717) is 13.0 Å². The van der Waals surface area contributed by atoms with Gasteiger partial charge >= 0.3 is 6.03 Å². The van der Waals surface area contributed by atoms with Crippen LogP contribution in [0, 0.1) is 0 Å². The second-order valence-electron chi connectivity index (χ2n) is 2.94.